The van der Waals surface area contributed by atoms with E-state index in [9.17, 15) is 13.2 Å². The zero-order valence-electron chi connectivity index (χ0n) is 10.2. The molecule has 0 spiro atoms. The number of rotatable bonds is 9. The van der Waals surface area contributed by atoms with E-state index in [-0.39, 0.29) is 18.2 Å². The number of sulfonamides is 1. The van der Waals surface area contributed by atoms with Gasteiger partial charge >= 0.3 is 0 Å². The third-order valence-corrected chi connectivity index (χ3v) is 3.89. The first-order valence-electron chi connectivity index (χ1n) is 6.01. The Hall–Kier alpha value is -0.660. The van der Waals surface area contributed by atoms with Crippen molar-refractivity contribution in [1.29, 1.82) is 0 Å². The molecular weight excluding hydrogens is 242 g/mol. The van der Waals surface area contributed by atoms with Gasteiger partial charge in [0.2, 0.25) is 15.9 Å². The van der Waals surface area contributed by atoms with E-state index in [4.69, 9.17) is 0 Å². The molecule has 1 aliphatic rings. The van der Waals surface area contributed by atoms with Crippen LogP contribution in [0.1, 0.15) is 26.2 Å². The van der Waals surface area contributed by atoms with Gasteiger partial charge in [-0.05, 0) is 12.8 Å². The molecule has 0 aromatic heterocycles. The van der Waals surface area contributed by atoms with Gasteiger partial charge in [0.05, 0.1) is 5.75 Å². The van der Waals surface area contributed by atoms with Crippen LogP contribution in [0.2, 0.25) is 0 Å². The fraction of sp³-hybridized carbons (Fsp3) is 0.900. The predicted molar refractivity (Wildman–Crippen MR) is 66.1 cm³/mol. The topological polar surface area (TPSA) is 87.3 Å². The summed E-state index contributed by atoms with van der Waals surface area (Å²) in [6.07, 6.45) is 2.79. The van der Waals surface area contributed by atoms with Crippen molar-refractivity contribution in [2.24, 2.45) is 0 Å². The molecule has 1 saturated carbocycles. The highest BCUT2D eigenvalue weighted by Gasteiger charge is 2.20. The molecule has 1 rings (SSSR count). The minimum atomic E-state index is -3.23. The van der Waals surface area contributed by atoms with Gasteiger partial charge in [0, 0.05) is 32.1 Å². The largest absolute Gasteiger partial charge is 0.355 e. The van der Waals surface area contributed by atoms with Crippen molar-refractivity contribution in [3.8, 4) is 0 Å². The third kappa shape index (κ3) is 7.30. The Morgan fingerprint density at radius 1 is 1.29 bits per heavy atom. The molecule has 0 bridgehead atoms. The minimum Gasteiger partial charge on any atom is -0.355 e. The summed E-state index contributed by atoms with van der Waals surface area (Å²) in [4.78, 5) is 11.3. The Morgan fingerprint density at radius 3 is 2.59 bits per heavy atom. The average Bonchev–Trinajstić information content (AvgIpc) is 3.01. The van der Waals surface area contributed by atoms with E-state index < -0.39 is 10.0 Å². The van der Waals surface area contributed by atoms with E-state index in [1.54, 1.807) is 6.92 Å². The number of hydrogen-bond acceptors (Lipinski definition) is 4. The highest BCUT2D eigenvalue weighted by molar-refractivity contribution is 7.89. The smallest absolute Gasteiger partial charge is 0.221 e. The summed E-state index contributed by atoms with van der Waals surface area (Å²) in [5.74, 6) is -0.173. The SMILES string of the molecule is CCNS(=O)(=O)CCNC(=O)CCNC1CC1. The van der Waals surface area contributed by atoms with E-state index in [1.165, 1.54) is 12.8 Å². The van der Waals surface area contributed by atoms with Crippen LogP contribution in [0.3, 0.4) is 0 Å². The van der Waals surface area contributed by atoms with Gasteiger partial charge in [0.15, 0.2) is 0 Å². The molecule has 7 heteroatoms. The van der Waals surface area contributed by atoms with Crippen LogP contribution in [-0.4, -0.2) is 45.8 Å². The van der Waals surface area contributed by atoms with Crippen LogP contribution in [0.25, 0.3) is 0 Å². The molecular formula is C10H21N3O3S. The highest BCUT2D eigenvalue weighted by atomic mass is 32.2. The Labute approximate surface area is 103 Å². The second-order valence-corrected chi connectivity index (χ2v) is 6.07. The van der Waals surface area contributed by atoms with Crippen molar-refractivity contribution in [1.82, 2.24) is 15.4 Å². The maximum Gasteiger partial charge on any atom is 0.221 e. The molecule has 1 fully saturated rings. The fourth-order valence-corrected chi connectivity index (χ4v) is 2.34. The van der Waals surface area contributed by atoms with Crippen LogP contribution < -0.4 is 15.4 Å². The molecule has 0 atom stereocenters. The summed E-state index contributed by atoms with van der Waals surface area (Å²) >= 11 is 0. The summed E-state index contributed by atoms with van der Waals surface area (Å²) in [5.41, 5.74) is 0. The van der Waals surface area contributed by atoms with Crippen molar-refractivity contribution in [3.05, 3.63) is 0 Å². The maximum absolute atomic E-state index is 11.3. The number of carbonyl (C=O) groups excluding carboxylic acids is 1. The standard InChI is InChI=1S/C10H21N3O3S/c1-2-13-17(15,16)8-7-12-10(14)5-6-11-9-3-4-9/h9,11,13H,2-8H2,1H3,(H,12,14). The van der Waals surface area contributed by atoms with Crippen LogP contribution in [0.4, 0.5) is 0 Å². The molecule has 0 aromatic carbocycles. The van der Waals surface area contributed by atoms with Crippen molar-refractivity contribution in [2.75, 3.05) is 25.4 Å². The molecule has 3 N–H and O–H groups in total. The zero-order chi connectivity index (χ0) is 12.7. The van der Waals surface area contributed by atoms with Gasteiger partial charge in [-0.2, -0.15) is 0 Å². The first-order chi connectivity index (χ1) is 8.03. The first kappa shape index (κ1) is 14.4. The molecule has 0 aliphatic heterocycles. The van der Waals surface area contributed by atoms with Crippen molar-refractivity contribution in [2.45, 2.75) is 32.2 Å². The molecule has 6 nitrogen and oxygen atoms in total. The number of carbonyl (C=O) groups is 1. The lowest BCUT2D eigenvalue weighted by Gasteiger charge is -2.07. The summed E-state index contributed by atoms with van der Waals surface area (Å²) < 4.78 is 24.9. The second-order valence-electron chi connectivity index (χ2n) is 4.15. The van der Waals surface area contributed by atoms with Crippen LogP contribution in [-0.2, 0) is 14.8 Å². The van der Waals surface area contributed by atoms with E-state index >= 15 is 0 Å². The van der Waals surface area contributed by atoms with Crippen molar-refractivity contribution in [3.63, 3.8) is 0 Å². The lowest BCUT2D eigenvalue weighted by atomic mass is 10.4. The third-order valence-electron chi connectivity index (χ3n) is 2.42. The molecule has 0 unspecified atom stereocenters. The van der Waals surface area contributed by atoms with E-state index in [1.807, 2.05) is 0 Å². The predicted octanol–water partition coefficient (Wildman–Crippen LogP) is -0.816. The lowest BCUT2D eigenvalue weighted by Crippen LogP contribution is -2.35. The fourth-order valence-electron chi connectivity index (χ4n) is 1.38. The van der Waals surface area contributed by atoms with E-state index in [2.05, 4.69) is 15.4 Å². The molecule has 0 radical (unpaired) electrons. The van der Waals surface area contributed by atoms with E-state index in [0.717, 1.165) is 0 Å². The summed E-state index contributed by atoms with van der Waals surface area (Å²) in [6, 6.07) is 0.594. The van der Waals surface area contributed by atoms with Crippen molar-refractivity contribution >= 4 is 15.9 Å². The first-order valence-corrected chi connectivity index (χ1v) is 7.66. The number of nitrogens with one attached hydrogen (secondary N) is 3. The van der Waals surface area contributed by atoms with Gasteiger partial charge in [0.25, 0.3) is 0 Å². The maximum atomic E-state index is 11.3. The quantitative estimate of drug-likeness (QED) is 0.507. The minimum absolute atomic E-state index is 0.0668. The Morgan fingerprint density at radius 2 is 2.00 bits per heavy atom. The monoisotopic (exact) mass is 263 g/mol. The Bertz CT molecular complexity index is 339. The van der Waals surface area contributed by atoms with Gasteiger partial charge < -0.3 is 10.6 Å². The molecule has 100 valence electrons. The summed E-state index contributed by atoms with van der Waals surface area (Å²) in [5, 5.41) is 5.82. The number of hydrogen-bond donors (Lipinski definition) is 3. The number of amides is 1. The lowest BCUT2D eigenvalue weighted by molar-refractivity contribution is -0.120. The van der Waals surface area contributed by atoms with Gasteiger partial charge in [-0.1, -0.05) is 6.92 Å². The van der Waals surface area contributed by atoms with Crippen LogP contribution in [0.5, 0.6) is 0 Å². The second kappa shape index (κ2) is 6.93. The van der Waals surface area contributed by atoms with Crippen LogP contribution >= 0.6 is 0 Å². The van der Waals surface area contributed by atoms with Gasteiger partial charge in [-0.25, -0.2) is 13.1 Å². The molecule has 1 amide bonds. The zero-order valence-corrected chi connectivity index (χ0v) is 11.0. The van der Waals surface area contributed by atoms with Gasteiger partial charge in [0.1, 0.15) is 0 Å². The molecule has 0 heterocycles. The van der Waals surface area contributed by atoms with Gasteiger partial charge in [-0.15, -0.1) is 0 Å². The Kier molecular flexibility index (Phi) is 5.87. The van der Waals surface area contributed by atoms with E-state index in [0.29, 0.717) is 25.6 Å². The molecule has 17 heavy (non-hydrogen) atoms. The molecule has 0 saturated heterocycles. The summed E-state index contributed by atoms with van der Waals surface area (Å²) in [6.45, 7) is 2.93. The van der Waals surface area contributed by atoms with Crippen LogP contribution in [0.15, 0.2) is 0 Å². The van der Waals surface area contributed by atoms with Gasteiger partial charge in [-0.3, -0.25) is 4.79 Å². The van der Waals surface area contributed by atoms with Crippen molar-refractivity contribution < 1.29 is 13.2 Å². The Balaban J connectivity index is 2.02. The summed E-state index contributed by atoms with van der Waals surface area (Å²) in [7, 11) is -3.23. The molecule has 1 aliphatic carbocycles. The van der Waals surface area contributed by atoms with Crippen LogP contribution in [0, 0.1) is 0 Å². The highest BCUT2D eigenvalue weighted by Crippen LogP contribution is 2.18. The average molecular weight is 263 g/mol. The normalized spacial score (nSPS) is 15.8. The molecule has 0 aromatic rings.